The Morgan fingerprint density at radius 2 is 1.96 bits per heavy atom. The molecule has 2 atom stereocenters. The predicted molar refractivity (Wildman–Crippen MR) is 86.5 cm³/mol. The summed E-state index contributed by atoms with van der Waals surface area (Å²) in [6.07, 6.45) is 1.80. The van der Waals surface area contributed by atoms with Gasteiger partial charge in [0.2, 0.25) is 5.91 Å². The molecule has 0 spiro atoms. The molecular weight excluding hydrogens is 310 g/mol. The molecule has 0 radical (unpaired) electrons. The van der Waals surface area contributed by atoms with Gasteiger partial charge in [-0.15, -0.1) is 0 Å². The van der Waals surface area contributed by atoms with Crippen LogP contribution in [0.15, 0.2) is 12.3 Å². The first-order chi connectivity index (χ1) is 11.2. The monoisotopic (exact) mass is 333 g/mol. The van der Waals surface area contributed by atoms with E-state index in [1.165, 1.54) is 13.8 Å². The molecule has 130 valence electrons. The molecule has 2 saturated heterocycles. The first kappa shape index (κ1) is 16.7. The normalized spacial score (nSPS) is 26.6. The van der Waals surface area contributed by atoms with Crippen LogP contribution in [0.4, 0.5) is 0 Å². The Hall–Kier alpha value is -2.15. The number of hydrogen-bond donors (Lipinski definition) is 1. The Labute approximate surface area is 140 Å². The summed E-state index contributed by atoms with van der Waals surface area (Å²) in [5, 5.41) is 9.77. The zero-order chi connectivity index (χ0) is 17.6. The van der Waals surface area contributed by atoms with Gasteiger partial charge in [0.15, 0.2) is 5.78 Å². The largest absolute Gasteiger partial charge is 0.481 e. The van der Waals surface area contributed by atoms with Gasteiger partial charge in [0.25, 0.3) is 0 Å². The first-order valence-electron chi connectivity index (χ1n) is 8.10. The topological polar surface area (TPSA) is 82.8 Å². The molecule has 1 aromatic heterocycles. The lowest BCUT2D eigenvalue weighted by Crippen LogP contribution is -2.41. The third kappa shape index (κ3) is 2.62. The van der Waals surface area contributed by atoms with Crippen LogP contribution in [0.1, 0.15) is 29.9 Å². The molecule has 1 aromatic rings. The number of likely N-dealkylation sites (tertiary alicyclic amines) is 2. The molecule has 0 aliphatic carbocycles. The van der Waals surface area contributed by atoms with E-state index in [1.54, 1.807) is 11.1 Å². The highest BCUT2D eigenvalue weighted by molar-refractivity contribution is 5.94. The molecule has 0 bridgehead atoms. The van der Waals surface area contributed by atoms with Crippen molar-refractivity contribution in [2.45, 2.75) is 20.4 Å². The lowest BCUT2D eigenvalue weighted by atomic mass is 9.81. The Balaban J connectivity index is 1.77. The van der Waals surface area contributed by atoms with E-state index in [4.69, 9.17) is 0 Å². The number of hydrogen-bond acceptors (Lipinski definition) is 4. The van der Waals surface area contributed by atoms with Crippen molar-refractivity contribution in [3.8, 4) is 0 Å². The number of aromatic nitrogens is 1. The molecule has 1 amide bonds. The number of aliphatic carboxylic acids is 1. The number of ketones is 1. The van der Waals surface area contributed by atoms with Crippen LogP contribution in [0.5, 0.6) is 0 Å². The second-order valence-electron chi connectivity index (χ2n) is 7.11. The SMILES string of the molecule is CC(=O)c1cc(CN2C[C@@H]3CN(C(C)=O)C[C@]3(C(=O)O)C2)n(C)c1. The highest BCUT2D eigenvalue weighted by Gasteiger charge is 2.58. The van der Waals surface area contributed by atoms with Gasteiger partial charge in [-0.25, -0.2) is 0 Å². The van der Waals surface area contributed by atoms with Crippen LogP contribution < -0.4 is 0 Å². The quantitative estimate of drug-likeness (QED) is 0.816. The van der Waals surface area contributed by atoms with Gasteiger partial charge < -0.3 is 14.6 Å². The molecule has 3 heterocycles. The van der Waals surface area contributed by atoms with Gasteiger partial charge in [-0.2, -0.15) is 0 Å². The van der Waals surface area contributed by atoms with Crippen molar-refractivity contribution in [2.24, 2.45) is 18.4 Å². The van der Waals surface area contributed by atoms with Crippen molar-refractivity contribution in [1.29, 1.82) is 0 Å². The van der Waals surface area contributed by atoms with Crippen LogP contribution in [0, 0.1) is 11.3 Å². The molecule has 2 aliphatic rings. The Morgan fingerprint density at radius 1 is 1.25 bits per heavy atom. The van der Waals surface area contributed by atoms with Gasteiger partial charge in [0, 0.05) is 70.1 Å². The summed E-state index contributed by atoms with van der Waals surface area (Å²) in [7, 11) is 1.89. The number of aryl methyl sites for hydroxylation is 1. The Morgan fingerprint density at radius 3 is 2.46 bits per heavy atom. The highest BCUT2D eigenvalue weighted by atomic mass is 16.4. The lowest BCUT2D eigenvalue weighted by molar-refractivity contribution is -0.149. The average Bonchev–Trinajstić information content (AvgIpc) is 3.10. The van der Waals surface area contributed by atoms with Gasteiger partial charge in [0.1, 0.15) is 5.41 Å². The number of Topliss-reactive ketones (excluding diaryl/α,β-unsaturated/α-hetero) is 1. The maximum absolute atomic E-state index is 11.9. The van der Waals surface area contributed by atoms with Crippen molar-refractivity contribution in [3.05, 3.63) is 23.5 Å². The van der Waals surface area contributed by atoms with E-state index in [-0.39, 0.29) is 24.2 Å². The van der Waals surface area contributed by atoms with E-state index >= 15 is 0 Å². The van der Waals surface area contributed by atoms with E-state index < -0.39 is 11.4 Å². The second kappa shape index (κ2) is 5.73. The van der Waals surface area contributed by atoms with E-state index in [2.05, 4.69) is 4.90 Å². The molecule has 3 rings (SSSR count). The molecule has 24 heavy (non-hydrogen) atoms. The van der Waals surface area contributed by atoms with E-state index in [9.17, 15) is 19.5 Å². The molecule has 0 saturated carbocycles. The fourth-order valence-electron chi connectivity index (χ4n) is 4.02. The van der Waals surface area contributed by atoms with Crippen molar-refractivity contribution in [1.82, 2.24) is 14.4 Å². The first-order valence-corrected chi connectivity index (χ1v) is 8.10. The number of rotatable bonds is 4. The summed E-state index contributed by atoms with van der Waals surface area (Å²) in [4.78, 5) is 38.8. The van der Waals surface area contributed by atoms with Crippen molar-refractivity contribution in [2.75, 3.05) is 26.2 Å². The number of fused-ring (bicyclic) bond motifs is 1. The standard InChI is InChI=1S/C17H23N3O4/c1-11(21)13-4-15(18(3)5-13)8-19-6-14-7-20(12(2)22)10-17(14,9-19)16(23)24/h4-5,14H,6-10H2,1-3H3,(H,23,24)/t14-,17-/m1/s1. The molecule has 7 heteroatoms. The summed E-state index contributed by atoms with van der Waals surface area (Å²) in [5.41, 5.74) is 0.784. The van der Waals surface area contributed by atoms with Crippen molar-refractivity contribution in [3.63, 3.8) is 0 Å². The number of carboxylic acid groups (broad SMARTS) is 1. The van der Waals surface area contributed by atoms with Crippen molar-refractivity contribution < 1.29 is 19.5 Å². The summed E-state index contributed by atoms with van der Waals surface area (Å²) in [6, 6.07) is 1.87. The number of nitrogens with zero attached hydrogens (tertiary/aromatic N) is 3. The zero-order valence-electron chi connectivity index (χ0n) is 14.3. The third-order valence-electron chi connectivity index (χ3n) is 5.45. The summed E-state index contributed by atoms with van der Waals surface area (Å²) in [5.74, 6) is -0.916. The number of carbonyl (C=O) groups excluding carboxylic acids is 2. The van der Waals surface area contributed by atoms with Gasteiger partial charge in [-0.05, 0) is 13.0 Å². The average molecular weight is 333 g/mol. The molecule has 7 nitrogen and oxygen atoms in total. The Kier molecular flexibility index (Phi) is 3.99. The number of carbonyl (C=O) groups is 3. The maximum atomic E-state index is 11.9. The van der Waals surface area contributed by atoms with Crippen LogP contribution in [0.2, 0.25) is 0 Å². The van der Waals surface area contributed by atoms with Gasteiger partial charge >= 0.3 is 5.97 Å². The van der Waals surface area contributed by atoms with Crippen LogP contribution in [-0.4, -0.2) is 63.3 Å². The fraction of sp³-hybridized carbons (Fsp3) is 0.588. The Bertz CT molecular complexity index is 711. The summed E-state index contributed by atoms with van der Waals surface area (Å²) >= 11 is 0. The second-order valence-corrected chi connectivity index (χ2v) is 7.11. The molecule has 1 N–H and O–H groups in total. The van der Waals surface area contributed by atoms with Gasteiger partial charge in [-0.3, -0.25) is 19.3 Å². The van der Waals surface area contributed by atoms with Crippen LogP contribution in [0.25, 0.3) is 0 Å². The fourth-order valence-corrected chi connectivity index (χ4v) is 4.02. The molecule has 2 aliphatic heterocycles. The molecule has 0 unspecified atom stereocenters. The highest BCUT2D eigenvalue weighted by Crippen LogP contribution is 2.43. The zero-order valence-corrected chi connectivity index (χ0v) is 14.3. The van der Waals surface area contributed by atoms with Gasteiger partial charge in [0.05, 0.1) is 0 Å². The minimum atomic E-state index is -0.875. The molecular formula is C17H23N3O4. The van der Waals surface area contributed by atoms with Crippen LogP contribution in [0.3, 0.4) is 0 Å². The van der Waals surface area contributed by atoms with Gasteiger partial charge in [-0.1, -0.05) is 0 Å². The predicted octanol–water partition coefficient (Wildman–Crippen LogP) is 0.593. The summed E-state index contributed by atoms with van der Waals surface area (Å²) < 4.78 is 1.92. The minimum Gasteiger partial charge on any atom is -0.481 e. The van der Waals surface area contributed by atoms with Crippen molar-refractivity contribution >= 4 is 17.7 Å². The smallest absolute Gasteiger partial charge is 0.313 e. The summed E-state index contributed by atoms with van der Waals surface area (Å²) in [6.45, 7) is 5.49. The maximum Gasteiger partial charge on any atom is 0.313 e. The van der Waals surface area contributed by atoms with E-state index in [1.807, 2.05) is 17.7 Å². The molecule has 2 fully saturated rings. The third-order valence-corrected chi connectivity index (χ3v) is 5.45. The van der Waals surface area contributed by atoms with Crippen LogP contribution >= 0.6 is 0 Å². The van der Waals surface area contributed by atoms with E-state index in [0.717, 1.165) is 5.69 Å². The van der Waals surface area contributed by atoms with E-state index in [0.29, 0.717) is 31.7 Å². The molecule has 0 aromatic carbocycles. The number of amides is 1. The number of carboxylic acids is 1. The lowest BCUT2D eigenvalue weighted by Gasteiger charge is -2.25. The van der Waals surface area contributed by atoms with Crippen LogP contribution in [-0.2, 0) is 23.2 Å². The minimum absolute atomic E-state index is 0.0225.